The largest absolute Gasteiger partial charge is 0.352 e. The maximum Gasteiger partial charge on any atom is 0.253 e. The Balaban J connectivity index is 1.68. The van der Waals surface area contributed by atoms with Crippen LogP contribution in [-0.2, 0) is 16.1 Å². The van der Waals surface area contributed by atoms with Gasteiger partial charge in [0, 0.05) is 50.1 Å². The molecule has 1 aromatic heterocycles. The molecule has 1 fully saturated rings. The highest BCUT2D eigenvalue weighted by atomic mass is 16.2. The predicted molar refractivity (Wildman–Crippen MR) is 136 cm³/mol. The molecule has 1 aliphatic rings. The summed E-state index contributed by atoms with van der Waals surface area (Å²) in [5.74, 6) is 0.435. The molecule has 1 saturated heterocycles. The van der Waals surface area contributed by atoms with Gasteiger partial charge >= 0.3 is 0 Å². The van der Waals surface area contributed by atoms with E-state index in [2.05, 4.69) is 10.6 Å². The molecule has 1 atom stereocenters. The van der Waals surface area contributed by atoms with Crippen molar-refractivity contribution in [3.8, 4) is 0 Å². The molecule has 0 radical (unpaired) electrons. The molecule has 0 bridgehead atoms. The van der Waals surface area contributed by atoms with Gasteiger partial charge in [0.1, 0.15) is 5.82 Å². The number of amides is 3. The minimum atomic E-state index is -0.243. The third kappa shape index (κ3) is 5.37. The van der Waals surface area contributed by atoms with Gasteiger partial charge in [0.25, 0.3) is 5.91 Å². The van der Waals surface area contributed by atoms with Gasteiger partial charge < -0.3 is 20.1 Å². The van der Waals surface area contributed by atoms with Crippen LogP contribution in [0.2, 0.25) is 0 Å². The molecule has 184 valence electrons. The molecule has 1 aliphatic heterocycles. The van der Waals surface area contributed by atoms with E-state index in [1.165, 1.54) is 0 Å². The van der Waals surface area contributed by atoms with E-state index >= 15 is 0 Å². The molecular formula is C27H33N5O3. The zero-order valence-electron chi connectivity index (χ0n) is 20.8. The topological polar surface area (TPSA) is 96.3 Å². The van der Waals surface area contributed by atoms with Crippen LogP contribution in [0.3, 0.4) is 0 Å². The average Bonchev–Trinajstić information content (AvgIpc) is 3.35. The van der Waals surface area contributed by atoms with Gasteiger partial charge in [-0.25, -0.2) is 4.98 Å². The van der Waals surface area contributed by atoms with Crippen LogP contribution in [-0.4, -0.2) is 51.8 Å². The van der Waals surface area contributed by atoms with Gasteiger partial charge in [0.15, 0.2) is 0 Å². The number of imidazole rings is 1. The third-order valence-corrected chi connectivity index (χ3v) is 6.48. The van der Waals surface area contributed by atoms with Crippen molar-refractivity contribution in [2.24, 2.45) is 11.8 Å². The van der Waals surface area contributed by atoms with Gasteiger partial charge in [-0.05, 0) is 31.5 Å². The van der Waals surface area contributed by atoms with Crippen LogP contribution in [0.1, 0.15) is 48.9 Å². The lowest BCUT2D eigenvalue weighted by Gasteiger charge is -2.16. The van der Waals surface area contributed by atoms with Gasteiger partial charge in [0.05, 0.1) is 16.6 Å². The molecule has 8 nitrogen and oxygen atoms in total. The summed E-state index contributed by atoms with van der Waals surface area (Å²) in [6.45, 7) is 9.84. The maximum absolute atomic E-state index is 13.5. The smallest absolute Gasteiger partial charge is 0.253 e. The molecule has 3 amide bonds. The van der Waals surface area contributed by atoms with E-state index in [1.54, 1.807) is 6.07 Å². The molecule has 3 aromatic rings. The van der Waals surface area contributed by atoms with E-state index in [1.807, 2.05) is 73.6 Å². The monoisotopic (exact) mass is 475 g/mol. The number of rotatable bonds is 8. The van der Waals surface area contributed by atoms with Crippen molar-refractivity contribution in [1.82, 2.24) is 19.8 Å². The minimum Gasteiger partial charge on any atom is -0.352 e. The summed E-state index contributed by atoms with van der Waals surface area (Å²) in [6, 6.07) is 13.6. The molecule has 35 heavy (non-hydrogen) atoms. The van der Waals surface area contributed by atoms with Crippen LogP contribution in [0.4, 0.5) is 5.69 Å². The standard InChI is InChI=1S/C27H33N5O3/c1-5-31-15-20(11-24(31)33)14-28-27(35)22-12-21(30-26(34)17(2)3)13-23-25(22)32(18(4)29-23)16-19-9-7-6-8-10-19/h6-10,12-13,17,20H,5,11,14-16H2,1-4H3,(H,28,35)(H,30,34). The quantitative estimate of drug-likeness (QED) is 0.520. The van der Waals surface area contributed by atoms with Gasteiger partial charge in [-0.2, -0.15) is 0 Å². The second-order valence-corrected chi connectivity index (χ2v) is 9.48. The zero-order chi connectivity index (χ0) is 25.1. The number of benzene rings is 2. The van der Waals surface area contributed by atoms with Crippen LogP contribution >= 0.6 is 0 Å². The first kappa shape index (κ1) is 24.4. The Morgan fingerprint density at radius 3 is 2.57 bits per heavy atom. The molecule has 2 heterocycles. The van der Waals surface area contributed by atoms with Crippen LogP contribution in [0.15, 0.2) is 42.5 Å². The highest BCUT2D eigenvalue weighted by Crippen LogP contribution is 2.27. The Labute approximate surface area is 205 Å². The minimum absolute atomic E-state index is 0.0849. The lowest BCUT2D eigenvalue weighted by Crippen LogP contribution is -2.31. The number of carbonyl (C=O) groups excluding carboxylic acids is 3. The first-order chi connectivity index (χ1) is 16.8. The molecular weight excluding hydrogens is 442 g/mol. The number of aromatic nitrogens is 2. The normalized spacial score (nSPS) is 15.7. The van der Waals surface area contributed by atoms with E-state index in [0.29, 0.717) is 49.4 Å². The molecule has 0 saturated carbocycles. The number of aryl methyl sites for hydroxylation is 1. The molecule has 0 aliphatic carbocycles. The highest BCUT2D eigenvalue weighted by Gasteiger charge is 2.29. The SMILES string of the molecule is CCN1CC(CNC(=O)c2cc(NC(=O)C(C)C)cc3nc(C)n(Cc4ccccc4)c23)CC1=O. The average molecular weight is 476 g/mol. The van der Waals surface area contributed by atoms with Crippen LogP contribution in [0.25, 0.3) is 11.0 Å². The Morgan fingerprint density at radius 1 is 1.17 bits per heavy atom. The number of likely N-dealkylation sites (tertiary alicyclic amines) is 1. The van der Waals surface area contributed by atoms with Crippen molar-refractivity contribution in [2.45, 2.75) is 40.7 Å². The second kappa shape index (κ2) is 10.3. The fourth-order valence-corrected chi connectivity index (χ4v) is 4.50. The number of nitrogens with one attached hydrogen (secondary N) is 2. The Morgan fingerprint density at radius 2 is 1.91 bits per heavy atom. The number of hydrogen-bond acceptors (Lipinski definition) is 4. The second-order valence-electron chi connectivity index (χ2n) is 9.48. The van der Waals surface area contributed by atoms with Gasteiger partial charge in [-0.1, -0.05) is 44.2 Å². The first-order valence-electron chi connectivity index (χ1n) is 12.2. The number of fused-ring (bicyclic) bond motifs is 1. The van der Waals surface area contributed by atoms with Gasteiger partial charge in [-0.3, -0.25) is 14.4 Å². The number of nitrogens with zero attached hydrogens (tertiary/aromatic N) is 3. The van der Waals surface area contributed by atoms with Crippen molar-refractivity contribution in [1.29, 1.82) is 0 Å². The van der Waals surface area contributed by atoms with E-state index < -0.39 is 0 Å². The van der Waals surface area contributed by atoms with Crippen LogP contribution in [0, 0.1) is 18.8 Å². The molecule has 0 spiro atoms. The molecule has 2 N–H and O–H groups in total. The van der Waals surface area contributed by atoms with Crippen molar-refractivity contribution >= 4 is 34.4 Å². The summed E-state index contributed by atoms with van der Waals surface area (Å²) in [5.41, 5.74) is 3.47. The summed E-state index contributed by atoms with van der Waals surface area (Å²) in [7, 11) is 0. The van der Waals surface area contributed by atoms with Crippen molar-refractivity contribution in [3.05, 3.63) is 59.4 Å². The molecule has 2 aromatic carbocycles. The van der Waals surface area contributed by atoms with E-state index in [-0.39, 0.29) is 29.6 Å². The molecule has 4 rings (SSSR count). The lowest BCUT2D eigenvalue weighted by molar-refractivity contribution is -0.127. The summed E-state index contributed by atoms with van der Waals surface area (Å²) >= 11 is 0. The van der Waals surface area contributed by atoms with Gasteiger partial charge in [0.2, 0.25) is 11.8 Å². The van der Waals surface area contributed by atoms with E-state index in [9.17, 15) is 14.4 Å². The summed E-state index contributed by atoms with van der Waals surface area (Å²) in [4.78, 5) is 44.4. The van der Waals surface area contributed by atoms with E-state index in [0.717, 1.165) is 16.9 Å². The molecule has 1 unspecified atom stereocenters. The summed E-state index contributed by atoms with van der Waals surface area (Å²) in [6.07, 6.45) is 0.444. The van der Waals surface area contributed by atoms with E-state index in [4.69, 9.17) is 4.98 Å². The van der Waals surface area contributed by atoms with Crippen molar-refractivity contribution < 1.29 is 14.4 Å². The highest BCUT2D eigenvalue weighted by molar-refractivity contribution is 6.08. The first-order valence-corrected chi connectivity index (χ1v) is 12.2. The van der Waals surface area contributed by atoms with Gasteiger partial charge in [-0.15, -0.1) is 0 Å². The molecule has 8 heteroatoms. The number of carbonyl (C=O) groups is 3. The Hall–Kier alpha value is -3.68. The van der Waals surface area contributed by atoms with Crippen molar-refractivity contribution in [2.75, 3.05) is 25.0 Å². The Kier molecular flexibility index (Phi) is 7.19. The fraction of sp³-hybridized carbons (Fsp3) is 0.407. The number of hydrogen-bond donors (Lipinski definition) is 2. The van der Waals surface area contributed by atoms with Crippen LogP contribution < -0.4 is 10.6 Å². The third-order valence-electron chi connectivity index (χ3n) is 6.48. The number of anilines is 1. The maximum atomic E-state index is 13.5. The van der Waals surface area contributed by atoms with Crippen molar-refractivity contribution in [3.63, 3.8) is 0 Å². The Bertz CT molecular complexity index is 1250. The fourth-order valence-electron chi connectivity index (χ4n) is 4.50. The summed E-state index contributed by atoms with van der Waals surface area (Å²) < 4.78 is 2.03. The zero-order valence-corrected chi connectivity index (χ0v) is 20.8. The van der Waals surface area contributed by atoms with Crippen LogP contribution in [0.5, 0.6) is 0 Å². The summed E-state index contributed by atoms with van der Waals surface area (Å²) in [5, 5.41) is 5.93. The predicted octanol–water partition coefficient (Wildman–Crippen LogP) is 3.59. The lowest BCUT2D eigenvalue weighted by atomic mass is 10.1.